The van der Waals surface area contributed by atoms with Crippen LogP contribution in [0.4, 0.5) is 0 Å². The largest absolute Gasteiger partial charge is 0.492 e. The van der Waals surface area contributed by atoms with Crippen molar-refractivity contribution in [3.63, 3.8) is 0 Å². The van der Waals surface area contributed by atoms with Crippen LogP contribution in [0.2, 0.25) is 0 Å². The molecule has 8 unspecified atom stereocenters. The van der Waals surface area contributed by atoms with E-state index in [1.54, 1.807) is 13.8 Å². The van der Waals surface area contributed by atoms with Crippen molar-refractivity contribution in [2.45, 2.75) is 75.5 Å². The van der Waals surface area contributed by atoms with E-state index in [9.17, 15) is 25.2 Å². The second-order valence-corrected chi connectivity index (χ2v) is 10.6. The Labute approximate surface area is 228 Å². The number of carbonyl (C=O) groups excluding carboxylic acids is 1. The smallest absolute Gasteiger partial charge is 0.228 e. The van der Waals surface area contributed by atoms with Gasteiger partial charge in [0.1, 0.15) is 12.2 Å². The van der Waals surface area contributed by atoms with E-state index in [-0.39, 0.29) is 34.3 Å². The molecule has 4 N–H and O–H groups in total. The van der Waals surface area contributed by atoms with E-state index in [1.807, 2.05) is 22.6 Å². The molecule has 0 aliphatic carbocycles. The van der Waals surface area contributed by atoms with E-state index >= 15 is 0 Å². The molecule has 0 amide bonds. The predicted molar refractivity (Wildman–Crippen MR) is 140 cm³/mol. The molecule has 0 aromatic heterocycles. The molecule has 1 heterocycles. The van der Waals surface area contributed by atoms with Gasteiger partial charge < -0.3 is 48.8 Å². The maximum absolute atomic E-state index is 13.5. The standard InChI is InChI=1S/C23H35IO11S/c1-9-14(22(29)36-21-11(3)34-13(27)8-12(21)26)18(31-5)20(32-6)19(15(9)24)35-23(33-7)16(28)17(30-4)10(2)25/h10-13,16-17,21,23,25-28H,8H2,1-7H3. The van der Waals surface area contributed by atoms with Gasteiger partial charge in [0.2, 0.25) is 17.2 Å². The molecule has 2 rings (SSSR count). The lowest BCUT2D eigenvalue weighted by Crippen LogP contribution is -2.47. The second kappa shape index (κ2) is 13.8. The van der Waals surface area contributed by atoms with Gasteiger partial charge in [-0.2, -0.15) is 0 Å². The highest BCUT2D eigenvalue weighted by Crippen LogP contribution is 2.48. The monoisotopic (exact) mass is 646 g/mol. The van der Waals surface area contributed by atoms with Gasteiger partial charge in [0.05, 0.1) is 46.9 Å². The van der Waals surface area contributed by atoms with Gasteiger partial charge in [0.25, 0.3) is 0 Å². The minimum absolute atomic E-state index is 0.00526. The molecule has 206 valence electrons. The van der Waals surface area contributed by atoms with Gasteiger partial charge in [0, 0.05) is 20.6 Å². The summed E-state index contributed by atoms with van der Waals surface area (Å²) >= 11 is 2.88. The van der Waals surface area contributed by atoms with Gasteiger partial charge in [-0.15, -0.1) is 0 Å². The van der Waals surface area contributed by atoms with Crippen molar-refractivity contribution in [2.75, 3.05) is 28.4 Å². The number of rotatable bonds is 11. The van der Waals surface area contributed by atoms with E-state index in [1.165, 1.54) is 35.4 Å². The first-order chi connectivity index (χ1) is 16.9. The summed E-state index contributed by atoms with van der Waals surface area (Å²) in [5, 5.41) is 39.8. The van der Waals surface area contributed by atoms with Crippen LogP contribution >= 0.6 is 34.4 Å². The van der Waals surface area contributed by atoms with Crippen LogP contribution in [0.3, 0.4) is 0 Å². The summed E-state index contributed by atoms with van der Waals surface area (Å²) in [4.78, 5) is 13.5. The highest BCUT2D eigenvalue weighted by Gasteiger charge is 2.39. The molecule has 8 atom stereocenters. The first-order valence-corrected chi connectivity index (χ1v) is 13.1. The van der Waals surface area contributed by atoms with Crippen molar-refractivity contribution >= 4 is 39.5 Å². The van der Waals surface area contributed by atoms with Crippen LogP contribution in [0.5, 0.6) is 17.2 Å². The lowest BCUT2D eigenvalue weighted by Gasteiger charge is -2.35. The average molecular weight is 646 g/mol. The SMILES string of the molecule is COc1c(OC(OC)C(O)C(OC)C(C)O)c(I)c(C)c(C(=O)SC2C(O)CC(O)OC2C)c1OC. The molecule has 13 heteroatoms. The van der Waals surface area contributed by atoms with Gasteiger partial charge in [-0.25, -0.2) is 0 Å². The lowest BCUT2D eigenvalue weighted by molar-refractivity contribution is -0.184. The third-order valence-corrected chi connectivity index (χ3v) is 8.57. The molecule has 36 heavy (non-hydrogen) atoms. The van der Waals surface area contributed by atoms with Gasteiger partial charge in [-0.1, -0.05) is 11.8 Å². The number of aliphatic hydroxyl groups excluding tert-OH is 4. The zero-order chi connectivity index (χ0) is 27.3. The van der Waals surface area contributed by atoms with Crippen molar-refractivity contribution in [1.82, 2.24) is 0 Å². The molecule has 0 spiro atoms. The van der Waals surface area contributed by atoms with E-state index in [4.69, 9.17) is 28.4 Å². The van der Waals surface area contributed by atoms with Crippen LogP contribution in [0.15, 0.2) is 0 Å². The summed E-state index contributed by atoms with van der Waals surface area (Å²) in [6, 6.07) is 0. The molecule has 1 aliphatic heterocycles. The molecule has 0 bridgehead atoms. The molecular weight excluding hydrogens is 611 g/mol. The Bertz CT molecular complexity index is 888. The number of benzene rings is 1. The number of ether oxygens (including phenoxy) is 6. The molecule has 1 saturated heterocycles. The Morgan fingerprint density at radius 2 is 1.69 bits per heavy atom. The summed E-state index contributed by atoms with van der Waals surface area (Å²) in [6.45, 7) is 4.85. The third-order valence-electron chi connectivity index (χ3n) is 5.88. The van der Waals surface area contributed by atoms with Gasteiger partial charge in [-0.05, 0) is 48.9 Å². The molecule has 1 aromatic rings. The van der Waals surface area contributed by atoms with E-state index < -0.39 is 48.3 Å². The average Bonchev–Trinajstić information content (AvgIpc) is 2.81. The van der Waals surface area contributed by atoms with E-state index in [2.05, 4.69) is 0 Å². The number of methoxy groups -OCH3 is 4. The topological polar surface area (TPSA) is 153 Å². The van der Waals surface area contributed by atoms with Gasteiger partial charge in [-0.3, -0.25) is 4.79 Å². The molecule has 1 fully saturated rings. The Morgan fingerprint density at radius 1 is 1.08 bits per heavy atom. The summed E-state index contributed by atoms with van der Waals surface area (Å²) < 4.78 is 33.5. The molecule has 1 aliphatic rings. The number of carbonyl (C=O) groups is 1. The fourth-order valence-electron chi connectivity index (χ4n) is 4.04. The van der Waals surface area contributed by atoms with Crippen LogP contribution in [-0.4, -0.2) is 102 Å². The fourth-order valence-corrected chi connectivity index (χ4v) is 5.82. The number of aliphatic hydroxyl groups is 4. The zero-order valence-electron chi connectivity index (χ0n) is 21.3. The van der Waals surface area contributed by atoms with E-state index in [0.717, 1.165) is 11.8 Å². The maximum Gasteiger partial charge on any atom is 0.228 e. The highest BCUT2D eigenvalue weighted by atomic mass is 127. The van der Waals surface area contributed by atoms with Crippen molar-refractivity contribution in [3.05, 3.63) is 14.7 Å². The Hall–Kier alpha value is -0.910. The number of thioether (sulfide) groups is 1. The summed E-state index contributed by atoms with van der Waals surface area (Å²) in [7, 11) is 5.44. The minimum atomic E-state index is -1.37. The van der Waals surface area contributed by atoms with Crippen LogP contribution in [0.25, 0.3) is 0 Å². The fraction of sp³-hybridized carbons (Fsp3) is 0.696. The van der Waals surface area contributed by atoms with Gasteiger partial charge >= 0.3 is 0 Å². The Morgan fingerprint density at radius 3 is 2.17 bits per heavy atom. The van der Waals surface area contributed by atoms with Crippen molar-refractivity contribution in [1.29, 1.82) is 0 Å². The normalized spacial score (nSPS) is 25.6. The lowest BCUT2D eigenvalue weighted by atomic mass is 10.1. The first kappa shape index (κ1) is 31.3. The van der Waals surface area contributed by atoms with Crippen LogP contribution < -0.4 is 14.2 Å². The molecule has 0 saturated carbocycles. The maximum atomic E-state index is 13.5. The predicted octanol–water partition coefficient (Wildman–Crippen LogP) is 1.45. The van der Waals surface area contributed by atoms with Crippen molar-refractivity contribution in [2.24, 2.45) is 0 Å². The Kier molecular flexibility index (Phi) is 12.0. The zero-order valence-corrected chi connectivity index (χ0v) is 24.2. The molecule has 0 radical (unpaired) electrons. The molecule has 11 nitrogen and oxygen atoms in total. The minimum Gasteiger partial charge on any atom is -0.492 e. The summed E-state index contributed by atoms with van der Waals surface area (Å²) in [5.41, 5.74) is 0.734. The Balaban J connectivity index is 2.48. The highest BCUT2D eigenvalue weighted by molar-refractivity contribution is 14.1. The summed E-state index contributed by atoms with van der Waals surface area (Å²) in [6.07, 6.45) is -7.24. The van der Waals surface area contributed by atoms with Crippen LogP contribution in [0, 0.1) is 10.5 Å². The van der Waals surface area contributed by atoms with Crippen LogP contribution in [0.1, 0.15) is 36.2 Å². The van der Waals surface area contributed by atoms with Crippen molar-refractivity contribution < 1.29 is 53.6 Å². The van der Waals surface area contributed by atoms with E-state index in [0.29, 0.717) is 9.13 Å². The first-order valence-electron chi connectivity index (χ1n) is 11.2. The number of hydrogen-bond acceptors (Lipinski definition) is 12. The third kappa shape index (κ3) is 6.74. The molecular formula is C23H35IO11S. The van der Waals surface area contributed by atoms with Gasteiger partial charge in [0.15, 0.2) is 17.8 Å². The molecule has 1 aromatic carbocycles. The second-order valence-electron chi connectivity index (χ2n) is 8.33. The number of hydrogen-bond donors (Lipinski definition) is 4. The van der Waals surface area contributed by atoms with Crippen molar-refractivity contribution in [3.8, 4) is 17.2 Å². The number of halogens is 1. The quantitative estimate of drug-likeness (QED) is 0.203. The summed E-state index contributed by atoms with van der Waals surface area (Å²) in [5.74, 6) is 0.364. The van der Waals surface area contributed by atoms with Crippen LogP contribution in [-0.2, 0) is 14.2 Å².